The van der Waals surface area contributed by atoms with E-state index >= 15 is 0 Å². The molecule has 8 heteroatoms. The van der Waals surface area contributed by atoms with Crippen LogP contribution in [0.15, 0.2) is 18.2 Å². The SMILES string of the molecule is FC(F)(F)c1cc(NCC[C@@H]2CCCC[NH2+]2)cc(C(F)(F)F)c1. The van der Waals surface area contributed by atoms with E-state index in [2.05, 4.69) is 10.6 Å². The quantitative estimate of drug-likeness (QED) is 0.805. The van der Waals surface area contributed by atoms with Crippen molar-refractivity contribution in [2.75, 3.05) is 18.4 Å². The van der Waals surface area contributed by atoms with Crippen molar-refractivity contribution in [2.24, 2.45) is 0 Å². The molecule has 1 atom stereocenters. The highest BCUT2D eigenvalue weighted by Gasteiger charge is 2.36. The highest BCUT2D eigenvalue weighted by atomic mass is 19.4. The largest absolute Gasteiger partial charge is 0.416 e. The first kappa shape index (κ1) is 17.9. The maximum absolute atomic E-state index is 12.7. The molecule has 0 aromatic heterocycles. The molecule has 3 N–H and O–H groups in total. The van der Waals surface area contributed by atoms with Gasteiger partial charge in [-0.15, -0.1) is 0 Å². The minimum atomic E-state index is -4.81. The van der Waals surface area contributed by atoms with Gasteiger partial charge in [-0.25, -0.2) is 0 Å². The lowest BCUT2D eigenvalue weighted by atomic mass is 10.0. The second-order valence-electron chi connectivity index (χ2n) is 5.79. The normalized spacial score (nSPS) is 19.7. The van der Waals surface area contributed by atoms with Gasteiger partial charge < -0.3 is 10.6 Å². The molecular formula is C15H19F6N2+. The zero-order valence-electron chi connectivity index (χ0n) is 12.4. The van der Waals surface area contributed by atoms with E-state index in [1.165, 1.54) is 0 Å². The summed E-state index contributed by atoms with van der Waals surface area (Å²) >= 11 is 0. The van der Waals surface area contributed by atoms with Crippen molar-refractivity contribution < 1.29 is 31.7 Å². The van der Waals surface area contributed by atoms with Gasteiger partial charge in [0.25, 0.3) is 0 Å². The van der Waals surface area contributed by atoms with Crippen LogP contribution in [0, 0.1) is 0 Å². The van der Waals surface area contributed by atoms with Gasteiger partial charge in [-0.3, -0.25) is 0 Å². The lowest BCUT2D eigenvalue weighted by Crippen LogP contribution is -2.91. The number of hydrogen-bond acceptors (Lipinski definition) is 1. The smallest absolute Gasteiger partial charge is 0.385 e. The Balaban J connectivity index is 2.07. The summed E-state index contributed by atoms with van der Waals surface area (Å²) in [5.74, 6) is 0. The molecule has 1 aliphatic heterocycles. The maximum Gasteiger partial charge on any atom is 0.416 e. The first-order valence-electron chi connectivity index (χ1n) is 7.53. The first-order valence-corrected chi connectivity index (χ1v) is 7.53. The van der Waals surface area contributed by atoms with E-state index in [1.54, 1.807) is 0 Å². The summed E-state index contributed by atoms with van der Waals surface area (Å²) in [6.07, 6.45) is -5.63. The second-order valence-corrected chi connectivity index (χ2v) is 5.79. The molecule has 0 aliphatic carbocycles. The first-order chi connectivity index (χ1) is 10.7. The Bertz CT molecular complexity index is 485. The van der Waals surface area contributed by atoms with Crippen LogP contribution in [0.1, 0.15) is 36.8 Å². The molecule has 1 saturated heterocycles. The van der Waals surface area contributed by atoms with Gasteiger partial charge >= 0.3 is 12.4 Å². The van der Waals surface area contributed by atoms with Crippen LogP contribution in [0.5, 0.6) is 0 Å². The average molecular weight is 341 g/mol. The van der Waals surface area contributed by atoms with Crippen molar-refractivity contribution in [1.82, 2.24) is 0 Å². The molecular weight excluding hydrogens is 322 g/mol. The number of hydrogen-bond donors (Lipinski definition) is 2. The summed E-state index contributed by atoms with van der Waals surface area (Å²) in [5.41, 5.74) is -2.74. The molecule has 130 valence electrons. The topological polar surface area (TPSA) is 28.6 Å². The Hall–Kier alpha value is -1.44. The van der Waals surface area contributed by atoms with E-state index in [0.717, 1.165) is 37.9 Å². The zero-order valence-corrected chi connectivity index (χ0v) is 12.4. The molecule has 2 nitrogen and oxygen atoms in total. The van der Waals surface area contributed by atoms with Crippen molar-refractivity contribution in [3.63, 3.8) is 0 Å². The zero-order chi connectivity index (χ0) is 17.1. The number of nitrogens with two attached hydrogens (primary N) is 1. The fourth-order valence-corrected chi connectivity index (χ4v) is 2.74. The van der Waals surface area contributed by atoms with Gasteiger partial charge in [0.05, 0.1) is 23.7 Å². The fraction of sp³-hybridized carbons (Fsp3) is 0.600. The van der Waals surface area contributed by atoms with Crippen LogP contribution in [0.2, 0.25) is 0 Å². The standard InChI is InChI=1S/C15H18F6N2/c16-14(17,18)10-7-11(15(19,20)21)9-13(8-10)23-6-4-12-3-1-2-5-22-12/h7-9,12,22-23H,1-6H2/p+1/t12-/m0/s1. The van der Waals surface area contributed by atoms with Gasteiger partial charge in [0.2, 0.25) is 0 Å². The summed E-state index contributed by atoms with van der Waals surface area (Å²) in [6.45, 7) is 1.37. The minimum Gasteiger partial charge on any atom is -0.385 e. The Labute approximate surface area is 130 Å². The summed E-state index contributed by atoms with van der Waals surface area (Å²) < 4.78 is 76.5. The molecule has 0 amide bonds. The van der Waals surface area contributed by atoms with Gasteiger partial charge in [-0.05, 0) is 37.5 Å². The maximum atomic E-state index is 12.7. The van der Waals surface area contributed by atoms with Gasteiger partial charge in [0.15, 0.2) is 0 Å². The predicted molar refractivity (Wildman–Crippen MR) is 74.0 cm³/mol. The number of piperidine rings is 1. The van der Waals surface area contributed by atoms with Gasteiger partial charge in [-0.1, -0.05) is 0 Å². The fourth-order valence-electron chi connectivity index (χ4n) is 2.74. The molecule has 1 aromatic rings. The van der Waals surface area contributed by atoms with E-state index in [0.29, 0.717) is 19.0 Å². The van der Waals surface area contributed by atoms with Crippen molar-refractivity contribution in [3.05, 3.63) is 29.3 Å². The highest BCUT2D eigenvalue weighted by Crippen LogP contribution is 2.37. The van der Waals surface area contributed by atoms with Gasteiger partial charge in [0, 0.05) is 18.7 Å². The molecule has 2 rings (SSSR count). The monoisotopic (exact) mass is 341 g/mol. The molecule has 1 aliphatic rings. The molecule has 1 heterocycles. The van der Waals surface area contributed by atoms with Gasteiger partial charge in [-0.2, -0.15) is 26.3 Å². The van der Waals surface area contributed by atoms with Crippen molar-refractivity contribution in [2.45, 2.75) is 44.1 Å². The number of rotatable bonds is 4. The lowest BCUT2D eigenvalue weighted by molar-refractivity contribution is -0.697. The Morgan fingerprint density at radius 2 is 1.57 bits per heavy atom. The molecule has 1 aromatic carbocycles. The molecule has 0 radical (unpaired) electrons. The van der Waals surface area contributed by atoms with Crippen LogP contribution in [-0.4, -0.2) is 19.1 Å². The number of nitrogens with one attached hydrogen (secondary N) is 1. The van der Waals surface area contributed by atoms with Crippen LogP contribution >= 0.6 is 0 Å². The molecule has 23 heavy (non-hydrogen) atoms. The van der Waals surface area contributed by atoms with Crippen molar-refractivity contribution in [3.8, 4) is 0 Å². The lowest BCUT2D eigenvalue weighted by Gasteiger charge is -2.21. The molecule has 0 bridgehead atoms. The van der Waals surface area contributed by atoms with Gasteiger partial charge in [0.1, 0.15) is 0 Å². The summed E-state index contributed by atoms with van der Waals surface area (Å²) in [5, 5.41) is 4.88. The van der Waals surface area contributed by atoms with E-state index in [4.69, 9.17) is 0 Å². The summed E-state index contributed by atoms with van der Waals surface area (Å²) in [4.78, 5) is 0. The number of halogens is 6. The van der Waals surface area contributed by atoms with Crippen LogP contribution in [0.4, 0.5) is 32.0 Å². The van der Waals surface area contributed by atoms with Crippen molar-refractivity contribution >= 4 is 5.69 Å². The second kappa shape index (κ2) is 6.98. The van der Waals surface area contributed by atoms with Crippen molar-refractivity contribution in [1.29, 1.82) is 0 Å². The molecule has 0 spiro atoms. The Kier molecular flexibility index (Phi) is 5.44. The van der Waals surface area contributed by atoms with E-state index in [9.17, 15) is 26.3 Å². The summed E-state index contributed by atoms with van der Waals surface area (Å²) in [6, 6.07) is 1.96. The van der Waals surface area contributed by atoms with E-state index < -0.39 is 23.5 Å². The number of quaternary nitrogens is 1. The Morgan fingerprint density at radius 3 is 2.04 bits per heavy atom. The summed E-state index contributed by atoms with van der Waals surface area (Å²) in [7, 11) is 0. The van der Waals surface area contributed by atoms with Crippen LogP contribution in [0.25, 0.3) is 0 Å². The number of alkyl halides is 6. The van der Waals surface area contributed by atoms with Crippen LogP contribution in [0.3, 0.4) is 0 Å². The third-order valence-electron chi connectivity index (χ3n) is 3.96. The number of benzene rings is 1. The Morgan fingerprint density at radius 1 is 0.957 bits per heavy atom. The van der Waals surface area contributed by atoms with E-state index in [1.807, 2.05) is 0 Å². The predicted octanol–water partition coefficient (Wildman–Crippen LogP) is 3.64. The average Bonchev–Trinajstić information content (AvgIpc) is 2.46. The van der Waals surface area contributed by atoms with Crippen LogP contribution < -0.4 is 10.6 Å². The molecule has 1 fully saturated rings. The number of anilines is 1. The molecule has 0 unspecified atom stereocenters. The molecule has 0 saturated carbocycles. The van der Waals surface area contributed by atoms with Crippen LogP contribution in [-0.2, 0) is 12.4 Å². The third-order valence-corrected chi connectivity index (χ3v) is 3.96. The minimum absolute atomic E-state index is 0.139. The van der Waals surface area contributed by atoms with E-state index in [-0.39, 0.29) is 11.8 Å². The third kappa shape index (κ3) is 5.30. The highest BCUT2D eigenvalue weighted by molar-refractivity contribution is 5.50.